The van der Waals surface area contributed by atoms with Gasteiger partial charge in [0.05, 0.1) is 10.6 Å². The highest BCUT2D eigenvalue weighted by molar-refractivity contribution is 7.09. The number of rotatable bonds is 4. The van der Waals surface area contributed by atoms with Crippen LogP contribution in [0.25, 0.3) is 21.7 Å². The summed E-state index contributed by atoms with van der Waals surface area (Å²) in [6.45, 7) is 0. The molecule has 1 amide bonds. The van der Waals surface area contributed by atoms with Crippen molar-refractivity contribution in [1.82, 2.24) is 4.37 Å². The van der Waals surface area contributed by atoms with Crippen LogP contribution in [-0.4, -0.2) is 15.1 Å². The fourth-order valence-corrected chi connectivity index (χ4v) is 2.94. The van der Waals surface area contributed by atoms with E-state index in [1.807, 2.05) is 54.6 Å². The fraction of sp³-hybridized carbons (Fsp3) is 0.0588. The van der Waals surface area contributed by atoms with Crippen LogP contribution in [0.3, 0.4) is 0 Å². The maximum atomic E-state index is 11.4. The summed E-state index contributed by atoms with van der Waals surface area (Å²) in [4.78, 5) is 11.4. The summed E-state index contributed by atoms with van der Waals surface area (Å²) in [5.41, 5.74) is 3.73. The lowest BCUT2D eigenvalue weighted by Crippen LogP contribution is -2.18. The maximum absolute atomic E-state index is 11.4. The Kier molecular flexibility index (Phi) is 4.96. The number of nitrogens with one attached hydrogen (secondary N) is 1. The quantitative estimate of drug-likeness (QED) is 0.646. The molecule has 0 atom stereocenters. The van der Waals surface area contributed by atoms with Crippen molar-refractivity contribution in [3.63, 3.8) is 0 Å². The van der Waals surface area contributed by atoms with E-state index in [9.17, 15) is 4.79 Å². The smallest absolute Gasteiger partial charge is 0.257 e. The number of anilines is 1. The molecule has 0 aliphatic carbocycles. The molecule has 3 rings (SSSR count). The van der Waals surface area contributed by atoms with Crippen molar-refractivity contribution >= 4 is 46.3 Å². The molecule has 3 nitrogen and oxygen atoms in total. The maximum Gasteiger partial charge on any atom is 0.257 e. The zero-order valence-electron chi connectivity index (χ0n) is 11.9. The number of benzene rings is 2. The van der Waals surface area contributed by atoms with Gasteiger partial charge >= 0.3 is 0 Å². The van der Waals surface area contributed by atoms with Crippen LogP contribution in [0.4, 0.5) is 5.69 Å². The van der Waals surface area contributed by atoms with Crippen LogP contribution in [0.15, 0.2) is 60.7 Å². The van der Waals surface area contributed by atoms with Gasteiger partial charge in [-0.15, -0.1) is 0 Å². The minimum atomic E-state index is -1.08. The first-order valence-electron chi connectivity index (χ1n) is 6.85. The van der Waals surface area contributed by atoms with Crippen molar-refractivity contribution in [2.45, 2.75) is 4.84 Å². The number of hydrogen-bond donors (Lipinski definition) is 1. The Labute approximate surface area is 148 Å². The molecule has 1 heterocycles. The largest absolute Gasteiger partial charge is 0.324 e. The minimum Gasteiger partial charge on any atom is -0.324 e. The molecule has 23 heavy (non-hydrogen) atoms. The highest BCUT2D eigenvalue weighted by Crippen LogP contribution is 2.30. The van der Waals surface area contributed by atoms with E-state index in [1.165, 1.54) is 11.5 Å². The molecule has 0 radical (unpaired) electrons. The van der Waals surface area contributed by atoms with E-state index < -0.39 is 10.7 Å². The minimum absolute atomic E-state index is 0.440. The third-order valence-corrected chi connectivity index (χ3v) is 4.45. The van der Waals surface area contributed by atoms with E-state index in [4.69, 9.17) is 23.2 Å². The first kappa shape index (κ1) is 16.0. The number of hydrogen-bond acceptors (Lipinski definition) is 3. The van der Waals surface area contributed by atoms with Gasteiger partial charge in [0, 0.05) is 11.3 Å². The van der Waals surface area contributed by atoms with Gasteiger partial charge in [-0.3, -0.25) is 4.79 Å². The molecule has 1 aromatic heterocycles. The highest BCUT2D eigenvalue weighted by atomic mass is 35.5. The van der Waals surface area contributed by atoms with Crippen LogP contribution in [-0.2, 0) is 4.79 Å². The first-order valence-corrected chi connectivity index (χ1v) is 8.50. The Morgan fingerprint density at radius 3 is 2.35 bits per heavy atom. The van der Waals surface area contributed by atoms with Crippen molar-refractivity contribution in [2.24, 2.45) is 0 Å². The van der Waals surface area contributed by atoms with E-state index in [-0.39, 0.29) is 0 Å². The van der Waals surface area contributed by atoms with Gasteiger partial charge < -0.3 is 5.32 Å². The molecule has 116 valence electrons. The summed E-state index contributed by atoms with van der Waals surface area (Å²) in [6, 6.07) is 19.6. The highest BCUT2D eigenvalue weighted by Gasteiger charge is 2.11. The molecular weight excluding hydrogens is 351 g/mol. The monoisotopic (exact) mass is 362 g/mol. The lowest BCUT2D eigenvalue weighted by Gasteiger charge is -2.05. The van der Waals surface area contributed by atoms with E-state index in [1.54, 1.807) is 0 Å². The molecule has 0 unspecified atom stereocenters. The molecular formula is C17H12Cl2N2OS. The Bertz CT molecular complexity index is 801. The molecule has 0 saturated carbocycles. The van der Waals surface area contributed by atoms with Crippen molar-refractivity contribution in [3.05, 3.63) is 60.7 Å². The molecule has 0 fully saturated rings. The van der Waals surface area contributed by atoms with Gasteiger partial charge in [0.15, 0.2) is 4.84 Å². The molecule has 0 aliphatic heterocycles. The fourth-order valence-electron chi connectivity index (χ4n) is 2.07. The van der Waals surface area contributed by atoms with Crippen LogP contribution in [0.2, 0.25) is 0 Å². The standard InChI is InChI=1S/C17H12Cl2N2OS/c18-16(19)17(22)20-13-8-6-12(7-9-13)15-10-14(21-23-15)11-4-2-1-3-5-11/h1-10,16H,(H,20,22). The molecule has 1 N–H and O–H groups in total. The average Bonchev–Trinajstić information content (AvgIpc) is 3.06. The second-order valence-electron chi connectivity index (χ2n) is 4.81. The van der Waals surface area contributed by atoms with Crippen LogP contribution in [0.5, 0.6) is 0 Å². The predicted octanol–water partition coefficient (Wildman–Crippen LogP) is 5.22. The summed E-state index contributed by atoms with van der Waals surface area (Å²) >= 11 is 12.5. The summed E-state index contributed by atoms with van der Waals surface area (Å²) in [5, 5.41) is 2.64. The number of halogens is 2. The Morgan fingerprint density at radius 2 is 1.70 bits per heavy atom. The van der Waals surface area contributed by atoms with Gasteiger partial charge in [-0.25, -0.2) is 0 Å². The van der Waals surface area contributed by atoms with Gasteiger partial charge in [0.1, 0.15) is 0 Å². The number of aromatic nitrogens is 1. The second kappa shape index (κ2) is 7.13. The number of nitrogens with zero attached hydrogens (tertiary/aromatic N) is 1. The average molecular weight is 363 g/mol. The Hall–Kier alpha value is -1.88. The Balaban J connectivity index is 1.78. The van der Waals surface area contributed by atoms with E-state index in [0.29, 0.717) is 5.69 Å². The SMILES string of the molecule is O=C(Nc1ccc(-c2cc(-c3ccccc3)ns2)cc1)C(Cl)Cl. The van der Waals surface area contributed by atoms with Gasteiger partial charge in [-0.1, -0.05) is 65.7 Å². The van der Waals surface area contributed by atoms with Crippen molar-refractivity contribution in [2.75, 3.05) is 5.32 Å². The molecule has 2 aromatic carbocycles. The molecule has 0 saturated heterocycles. The number of carbonyl (C=O) groups is 1. The summed E-state index contributed by atoms with van der Waals surface area (Å²) in [6.07, 6.45) is 0. The lowest BCUT2D eigenvalue weighted by atomic mass is 10.1. The van der Waals surface area contributed by atoms with Gasteiger partial charge in [0.2, 0.25) is 0 Å². The number of amides is 1. The van der Waals surface area contributed by atoms with Crippen LogP contribution in [0, 0.1) is 0 Å². The van der Waals surface area contributed by atoms with Gasteiger partial charge in [0.25, 0.3) is 5.91 Å². The first-order chi connectivity index (χ1) is 11.1. The zero-order valence-corrected chi connectivity index (χ0v) is 14.2. The topological polar surface area (TPSA) is 42.0 Å². The van der Waals surface area contributed by atoms with Crippen molar-refractivity contribution < 1.29 is 4.79 Å². The number of carbonyl (C=O) groups excluding carboxylic acids is 1. The Morgan fingerprint density at radius 1 is 1.00 bits per heavy atom. The van der Waals surface area contributed by atoms with Crippen LogP contribution in [0.1, 0.15) is 0 Å². The third-order valence-electron chi connectivity index (χ3n) is 3.21. The predicted molar refractivity (Wildman–Crippen MR) is 97.1 cm³/mol. The van der Waals surface area contributed by atoms with Gasteiger partial charge in [-0.05, 0) is 35.3 Å². The molecule has 0 bridgehead atoms. The van der Waals surface area contributed by atoms with Crippen molar-refractivity contribution in [1.29, 1.82) is 0 Å². The molecule has 3 aromatic rings. The normalized spacial score (nSPS) is 10.7. The van der Waals surface area contributed by atoms with E-state index >= 15 is 0 Å². The van der Waals surface area contributed by atoms with Crippen molar-refractivity contribution in [3.8, 4) is 21.7 Å². The van der Waals surface area contributed by atoms with Crippen LogP contribution >= 0.6 is 34.7 Å². The third kappa shape index (κ3) is 3.91. The summed E-state index contributed by atoms with van der Waals surface area (Å²) in [7, 11) is 0. The van der Waals surface area contributed by atoms with Gasteiger partial charge in [-0.2, -0.15) is 4.37 Å². The summed E-state index contributed by atoms with van der Waals surface area (Å²) < 4.78 is 4.49. The lowest BCUT2D eigenvalue weighted by molar-refractivity contribution is -0.114. The summed E-state index contributed by atoms with van der Waals surface area (Å²) in [5.74, 6) is -0.440. The zero-order chi connectivity index (χ0) is 16.2. The van der Waals surface area contributed by atoms with Crippen LogP contribution < -0.4 is 5.32 Å². The molecule has 6 heteroatoms. The molecule has 0 aliphatic rings. The number of alkyl halides is 2. The second-order valence-corrected chi connectivity index (χ2v) is 6.71. The molecule has 0 spiro atoms. The van der Waals surface area contributed by atoms with E-state index in [0.717, 1.165) is 21.7 Å². The van der Waals surface area contributed by atoms with E-state index in [2.05, 4.69) is 15.8 Å².